The molecule has 3 rings (SSSR count). The van der Waals surface area contributed by atoms with E-state index >= 15 is 0 Å². The van der Waals surface area contributed by atoms with E-state index in [4.69, 9.17) is 0 Å². The van der Waals surface area contributed by atoms with Crippen LogP contribution in [0.2, 0.25) is 0 Å². The summed E-state index contributed by atoms with van der Waals surface area (Å²) in [6.45, 7) is 0.737. The maximum Gasteiger partial charge on any atom is 0.260 e. The summed E-state index contributed by atoms with van der Waals surface area (Å²) < 4.78 is 13.7. The standard InChI is InChI=1S/C21H25FN4O3S/c22-17-9-5-4-8-16(17)20(29)26-21-25-15(13-30-21)12-18(27)23-10-11-24-19(28)14-6-2-1-3-7-14/h4-5,8-9,13-14H,1-3,6-7,10-12H2,(H,23,27)(H,24,28)(H,25,26,29). The van der Waals surface area contributed by atoms with Crippen molar-refractivity contribution in [3.8, 4) is 0 Å². The molecule has 1 aliphatic carbocycles. The molecule has 30 heavy (non-hydrogen) atoms. The lowest BCUT2D eigenvalue weighted by Gasteiger charge is -2.20. The maximum atomic E-state index is 13.7. The first kappa shape index (κ1) is 21.9. The second kappa shape index (κ2) is 10.8. The smallest absolute Gasteiger partial charge is 0.260 e. The molecular formula is C21H25FN4O3S. The van der Waals surface area contributed by atoms with Crippen molar-refractivity contribution in [2.75, 3.05) is 18.4 Å². The SMILES string of the molecule is O=C(Cc1csc(NC(=O)c2ccccc2F)n1)NCCNC(=O)C1CCCCC1. The Labute approximate surface area is 178 Å². The third-order valence-corrected chi connectivity index (χ3v) is 5.76. The van der Waals surface area contributed by atoms with E-state index in [1.807, 2.05) is 0 Å². The molecule has 2 aromatic rings. The minimum atomic E-state index is -0.610. The Morgan fingerprint density at radius 2 is 1.80 bits per heavy atom. The molecular weight excluding hydrogens is 407 g/mol. The van der Waals surface area contributed by atoms with Crippen molar-refractivity contribution in [3.63, 3.8) is 0 Å². The van der Waals surface area contributed by atoms with Gasteiger partial charge in [0.1, 0.15) is 5.82 Å². The number of anilines is 1. The number of hydrogen-bond acceptors (Lipinski definition) is 5. The largest absolute Gasteiger partial charge is 0.354 e. The Balaban J connectivity index is 1.38. The number of carbonyl (C=O) groups is 3. The highest BCUT2D eigenvalue weighted by molar-refractivity contribution is 7.14. The zero-order valence-electron chi connectivity index (χ0n) is 16.6. The number of halogens is 1. The topological polar surface area (TPSA) is 100 Å². The van der Waals surface area contributed by atoms with Crippen LogP contribution in [-0.4, -0.2) is 35.8 Å². The summed E-state index contributed by atoms with van der Waals surface area (Å²) in [7, 11) is 0. The highest BCUT2D eigenvalue weighted by Crippen LogP contribution is 2.23. The van der Waals surface area contributed by atoms with E-state index in [0.717, 1.165) is 25.7 Å². The highest BCUT2D eigenvalue weighted by atomic mass is 32.1. The van der Waals surface area contributed by atoms with Gasteiger partial charge in [-0.2, -0.15) is 0 Å². The number of hydrogen-bond donors (Lipinski definition) is 3. The quantitative estimate of drug-likeness (QED) is 0.559. The number of aromatic nitrogens is 1. The minimum absolute atomic E-state index is 0.0582. The van der Waals surface area contributed by atoms with Crippen LogP contribution < -0.4 is 16.0 Å². The number of benzene rings is 1. The Hall–Kier alpha value is -2.81. The predicted octanol–water partition coefficient (Wildman–Crippen LogP) is 2.89. The number of rotatable bonds is 8. The Morgan fingerprint density at radius 3 is 2.57 bits per heavy atom. The first-order valence-corrected chi connectivity index (χ1v) is 11.0. The third-order valence-electron chi connectivity index (χ3n) is 4.95. The molecule has 0 unspecified atom stereocenters. The number of nitrogens with zero attached hydrogens (tertiary/aromatic N) is 1. The van der Waals surface area contributed by atoms with Crippen LogP contribution in [0, 0.1) is 11.7 Å². The van der Waals surface area contributed by atoms with E-state index < -0.39 is 11.7 Å². The van der Waals surface area contributed by atoms with Gasteiger partial charge in [0.05, 0.1) is 17.7 Å². The Kier molecular flexibility index (Phi) is 7.89. The first-order chi connectivity index (χ1) is 14.5. The average molecular weight is 433 g/mol. The van der Waals surface area contributed by atoms with Crippen molar-refractivity contribution in [3.05, 3.63) is 46.7 Å². The molecule has 1 heterocycles. The fourth-order valence-corrected chi connectivity index (χ4v) is 4.08. The van der Waals surface area contributed by atoms with Gasteiger partial charge in [0, 0.05) is 24.4 Å². The molecule has 3 N–H and O–H groups in total. The van der Waals surface area contributed by atoms with Gasteiger partial charge in [-0.25, -0.2) is 9.37 Å². The summed E-state index contributed by atoms with van der Waals surface area (Å²) in [6.07, 6.45) is 5.35. The van der Waals surface area contributed by atoms with Gasteiger partial charge in [-0.15, -0.1) is 11.3 Å². The molecule has 1 aromatic heterocycles. The van der Waals surface area contributed by atoms with E-state index in [9.17, 15) is 18.8 Å². The lowest BCUT2D eigenvalue weighted by Crippen LogP contribution is -2.38. The summed E-state index contributed by atoms with van der Waals surface area (Å²) in [4.78, 5) is 40.4. The predicted molar refractivity (Wildman–Crippen MR) is 113 cm³/mol. The van der Waals surface area contributed by atoms with E-state index in [0.29, 0.717) is 23.9 Å². The Morgan fingerprint density at radius 1 is 1.07 bits per heavy atom. The van der Waals surface area contributed by atoms with Gasteiger partial charge in [-0.05, 0) is 25.0 Å². The van der Waals surface area contributed by atoms with Gasteiger partial charge in [-0.3, -0.25) is 19.7 Å². The molecule has 1 fully saturated rings. The van der Waals surface area contributed by atoms with Crippen molar-refractivity contribution in [1.29, 1.82) is 0 Å². The highest BCUT2D eigenvalue weighted by Gasteiger charge is 2.20. The summed E-state index contributed by atoms with van der Waals surface area (Å²) in [5.41, 5.74) is 0.440. The molecule has 1 aliphatic rings. The van der Waals surface area contributed by atoms with Gasteiger partial charge < -0.3 is 10.6 Å². The van der Waals surface area contributed by atoms with Crippen LogP contribution in [-0.2, 0) is 16.0 Å². The minimum Gasteiger partial charge on any atom is -0.354 e. The molecule has 0 spiro atoms. The normalized spacial score (nSPS) is 14.2. The van der Waals surface area contributed by atoms with Crippen LogP contribution in [0.4, 0.5) is 9.52 Å². The van der Waals surface area contributed by atoms with Crippen LogP contribution in [0.25, 0.3) is 0 Å². The van der Waals surface area contributed by atoms with Gasteiger partial charge in [0.15, 0.2) is 5.13 Å². The zero-order valence-corrected chi connectivity index (χ0v) is 17.4. The van der Waals surface area contributed by atoms with Crippen LogP contribution >= 0.6 is 11.3 Å². The van der Waals surface area contributed by atoms with Crippen LogP contribution in [0.1, 0.15) is 48.2 Å². The average Bonchev–Trinajstić information content (AvgIpc) is 3.18. The van der Waals surface area contributed by atoms with Crippen molar-refractivity contribution < 1.29 is 18.8 Å². The summed E-state index contributed by atoms with van der Waals surface area (Å²) >= 11 is 1.17. The number of thiazole rings is 1. The second-order valence-corrected chi connectivity index (χ2v) is 8.09. The molecule has 1 aromatic carbocycles. The summed E-state index contributed by atoms with van der Waals surface area (Å²) in [5.74, 6) is -1.26. The van der Waals surface area contributed by atoms with Crippen molar-refractivity contribution >= 4 is 34.2 Å². The van der Waals surface area contributed by atoms with E-state index in [1.165, 1.54) is 36.0 Å². The molecule has 3 amide bonds. The number of amides is 3. The van der Waals surface area contributed by atoms with Crippen LogP contribution in [0.5, 0.6) is 0 Å². The summed E-state index contributed by atoms with van der Waals surface area (Å²) in [6, 6.07) is 5.69. The van der Waals surface area contributed by atoms with Gasteiger partial charge >= 0.3 is 0 Å². The van der Waals surface area contributed by atoms with Crippen LogP contribution in [0.3, 0.4) is 0 Å². The lowest BCUT2D eigenvalue weighted by atomic mass is 9.89. The number of nitrogens with one attached hydrogen (secondary N) is 3. The fourth-order valence-electron chi connectivity index (χ4n) is 3.38. The Bertz CT molecular complexity index is 896. The van der Waals surface area contributed by atoms with Crippen LogP contribution in [0.15, 0.2) is 29.6 Å². The molecule has 160 valence electrons. The fraction of sp³-hybridized carbons (Fsp3) is 0.429. The van der Waals surface area contributed by atoms with E-state index in [-0.39, 0.29) is 29.7 Å². The van der Waals surface area contributed by atoms with Crippen molar-refractivity contribution in [2.24, 2.45) is 5.92 Å². The molecule has 9 heteroatoms. The van der Waals surface area contributed by atoms with Crippen molar-refractivity contribution in [2.45, 2.75) is 38.5 Å². The maximum absolute atomic E-state index is 13.7. The lowest BCUT2D eigenvalue weighted by molar-refractivity contribution is -0.126. The van der Waals surface area contributed by atoms with Gasteiger partial charge in [-0.1, -0.05) is 31.4 Å². The molecule has 0 saturated heterocycles. The van der Waals surface area contributed by atoms with E-state index in [1.54, 1.807) is 11.4 Å². The summed E-state index contributed by atoms with van der Waals surface area (Å²) in [5, 5.41) is 10.1. The molecule has 0 aliphatic heterocycles. The second-order valence-electron chi connectivity index (χ2n) is 7.23. The molecule has 0 radical (unpaired) electrons. The molecule has 0 bridgehead atoms. The number of carbonyl (C=O) groups excluding carboxylic acids is 3. The van der Waals surface area contributed by atoms with Gasteiger partial charge in [0.2, 0.25) is 11.8 Å². The molecule has 0 atom stereocenters. The zero-order chi connectivity index (χ0) is 21.3. The van der Waals surface area contributed by atoms with Gasteiger partial charge in [0.25, 0.3) is 5.91 Å². The van der Waals surface area contributed by atoms with Crippen molar-refractivity contribution in [1.82, 2.24) is 15.6 Å². The first-order valence-electron chi connectivity index (χ1n) is 10.1. The molecule has 1 saturated carbocycles. The molecule has 7 nitrogen and oxygen atoms in total. The monoisotopic (exact) mass is 432 g/mol. The van der Waals surface area contributed by atoms with E-state index in [2.05, 4.69) is 20.9 Å². The third kappa shape index (κ3) is 6.35.